The van der Waals surface area contributed by atoms with Gasteiger partial charge in [-0.2, -0.15) is 0 Å². The molecular weight excluding hydrogens is 213 g/mol. The third kappa shape index (κ3) is 3.05. The summed E-state index contributed by atoms with van der Waals surface area (Å²) < 4.78 is 13.2. The van der Waals surface area contributed by atoms with E-state index in [0.717, 1.165) is 17.6 Å². The van der Waals surface area contributed by atoms with E-state index in [1.807, 2.05) is 20.0 Å². The molecule has 82 valence electrons. The van der Waals surface area contributed by atoms with Crippen LogP contribution in [-0.4, -0.2) is 7.05 Å². The molecule has 0 fully saturated rings. The maximum atomic E-state index is 13.2. The van der Waals surface area contributed by atoms with Gasteiger partial charge in [0.1, 0.15) is 5.82 Å². The van der Waals surface area contributed by atoms with Gasteiger partial charge in [0.15, 0.2) is 0 Å². The SMILES string of the molecule is C=C(C)CC(NC)c1cccc(F)c1Cl. The van der Waals surface area contributed by atoms with Crippen molar-refractivity contribution in [3.05, 3.63) is 46.8 Å². The van der Waals surface area contributed by atoms with Gasteiger partial charge in [-0.25, -0.2) is 4.39 Å². The van der Waals surface area contributed by atoms with Gasteiger partial charge in [-0.15, -0.1) is 6.58 Å². The van der Waals surface area contributed by atoms with Gasteiger partial charge in [-0.1, -0.05) is 29.3 Å². The normalized spacial score (nSPS) is 12.5. The summed E-state index contributed by atoms with van der Waals surface area (Å²) in [6.45, 7) is 5.79. The topological polar surface area (TPSA) is 12.0 Å². The molecule has 1 rings (SSSR count). The second-order valence-electron chi connectivity index (χ2n) is 3.65. The number of hydrogen-bond acceptors (Lipinski definition) is 1. The molecular formula is C12H15ClFN. The Kier molecular flexibility index (Phi) is 4.30. The number of nitrogens with one attached hydrogen (secondary N) is 1. The summed E-state index contributed by atoms with van der Waals surface area (Å²) in [4.78, 5) is 0. The number of halogens is 2. The first kappa shape index (κ1) is 12.2. The summed E-state index contributed by atoms with van der Waals surface area (Å²) >= 11 is 5.91. The lowest BCUT2D eigenvalue weighted by molar-refractivity contribution is 0.576. The highest BCUT2D eigenvalue weighted by atomic mass is 35.5. The van der Waals surface area contributed by atoms with Gasteiger partial charge >= 0.3 is 0 Å². The molecule has 1 aromatic rings. The third-order valence-corrected chi connectivity index (χ3v) is 2.66. The zero-order chi connectivity index (χ0) is 11.4. The highest BCUT2D eigenvalue weighted by Gasteiger charge is 2.14. The molecule has 0 aliphatic rings. The van der Waals surface area contributed by atoms with Crippen LogP contribution in [0.25, 0.3) is 0 Å². The van der Waals surface area contributed by atoms with E-state index in [0.29, 0.717) is 0 Å². The van der Waals surface area contributed by atoms with Gasteiger partial charge in [-0.05, 0) is 32.0 Å². The zero-order valence-corrected chi connectivity index (χ0v) is 9.74. The minimum absolute atomic E-state index is 0.0192. The van der Waals surface area contributed by atoms with Crippen molar-refractivity contribution < 1.29 is 4.39 Å². The number of benzene rings is 1. The first-order valence-electron chi connectivity index (χ1n) is 4.81. The average molecular weight is 228 g/mol. The molecule has 0 heterocycles. The summed E-state index contributed by atoms with van der Waals surface area (Å²) in [6, 6.07) is 4.87. The predicted octanol–water partition coefficient (Wildman–Crippen LogP) is 3.71. The molecule has 0 aliphatic carbocycles. The van der Waals surface area contributed by atoms with Crippen molar-refractivity contribution in [3.8, 4) is 0 Å². The summed E-state index contributed by atoms with van der Waals surface area (Å²) in [7, 11) is 1.83. The minimum Gasteiger partial charge on any atom is -0.313 e. The Morgan fingerprint density at radius 2 is 2.27 bits per heavy atom. The van der Waals surface area contributed by atoms with Crippen molar-refractivity contribution >= 4 is 11.6 Å². The molecule has 0 saturated heterocycles. The first-order chi connectivity index (χ1) is 7.06. The maximum absolute atomic E-state index is 13.2. The molecule has 15 heavy (non-hydrogen) atoms. The highest BCUT2D eigenvalue weighted by molar-refractivity contribution is 6.31. The average Bonchev–Trinajstić information content (AvgIpc) is 2.19. The van der Waals surface area contributed by atoms with Crippen molar-refractivity contribution in [3.63, 3.8) is 0 Å². The van der Waals surface area contributed by atoms with Gasteiger partial charge in [0, 0.05) is 6.04 Å². The highest BCUT2D eigenvalue weighted by Crippen LogP contribution is 2.28. The second kappa shape index (κ2) is 5.29. The van der Waals surface area contributed by atoms with Crippen molar-refractivity contribution in [2.24, 2.45) is 0 Å². The van der Waals surface area contributed by atoms with E-state index in [-0.39, 0.29) is 16.9 Å². The summed E-state index contributed by atoms with van der Waals surface area (Å²) in [5.74, 6) is -0.379. The van der Waals surface area contributed by atoms with E-state index in [1.165, 1.54) is 6.07 Å². The Morgan fingerprint density at radius 1 is 1.60 bits per heavy atom. The van der Waals surface area contributed by atoms with Crippen LogP contribution in [0, 0.1) is 5.82 Å². The van der Waals surface area contributed by atoms with E-state index in [2.05, 4.69) is 11.9 Å². The summed E-state index contributed by atoms with van der Waals surface area (Å²) in [6.07, 6.45) is 0.750. The molecule has 0 saturated carbocycles. The van der Waals surface area contributed by atoms with Crippen molar-refractivity contribution in [2.75, 3.05) is 7.05 Å². The standard InChI is InChI=1S/C12H15ClFN/c1-8(2)7-11(15-3)9-5-4-6-10(14)12(9)13/h4-6,11,15H,1,7H2,2-3H3. The van der Waals surface area contributed by atoms with Crippen LogP contribution in [-0.2, 0) is 0 Å². The van der Waals surface area contributed by atoms with Crippen LogP contribution in [0.15, 0.2) is 30.4 Å². The Balaban J connectivity index is 3.01. The van der Waals surface area contributed by atoms with Gasteiger partial charge in [0.25, 0.3) is 0 Å². The Labute approximate surface area is 95.0 Å². The molecule has 0 radical (unpaired) electrons. The van der Waals surface area contributed by atoms with Crippen LogP contribution >= 0.6 is 11.6 Å². The van der Waals surface area contributed by atoms with E-state index >= 15 is 0 Å². The van der Waals surface area contributed by atoms with E-state index in [4.69, 9.17) is 11.6 Å². The van der Waals surface area contributed by atoms with Crippen LogP contribution in [0.4, 0.5) is 4.39 Å². The lowest BCUT2D eigenvalue weighted by atomic mass is 10.0. The third-order valence-electron chi connectivity index (χ3n) is 2.26. The van der Waals surface area contributed by atoms with Crippen molar-refractivity contribution in [1.82, 2.24) is 5.32 Å². The Hall–Kier alpha value is -0.860. The Morgan fingerprint density at radius 3 is 2.80 bits per heavy atom. The molecule has 1 aromatic carbocycles. The fourth-order valence-corrected chi connectivity index (χ4v) is 1.76. The van der Waals surface area contributed by atoms with Crippen LogP contribution < -0.4 is 5.32 Å². The van der Waals surface area contributed by atoms with Crippen molar-refractivity contribution in [2.45, 2.75) is 19.4 Å². The zero-order valence-electron chi connectivity index (χ0n) is 8.98. The molecule has 0 aromatic heterocycles. The van der Waals surface area contributed by atoms with Gasteiger partial charge in [-0.3, -0.25) is 0 Å². The molecule has 0 bridgehead atoms. The van der Waals surface area contributed by atoms with Crippen LogP contribution in [0.5, 0.6) is 0 Å². The van der Waals surface area contributed by atoms with E-state index in [9.17, 15) is 4.39 Å². The van der Waals surface area contributed by atoms with Crippen LogP contribution in [0.1, 0.15) is 24.9 Å². The summed E-state index contributed by atoms with van der Waals surface area (Å²) in [5, 5.41) is 3.30. The molecule has 1 nitrogen and oxygen atoms in total. The molecule has 0 spiro atoms. The largest absolute Gasteiger partial charge is 0.313 e. The van der Waals surface area contributed by atoms with E-state index < -0.39 is 0 Å². The predicted molar refractivity (Wildman–Crippen MR) is 62.6 cm³/mol. The molecule has 0 amide bonds. The maximum Gasteiger partial charge on any atom is 0.142 e. The minimum atomic E-state index is -0.379. The van der Waals surface area contributed by atoms with E-state index in [1.54, 1.807) is 6.07 Å². The Bertz CT molecular complexity index is 363. The molecule has 0 aliphatic heterocycles. The quantitative estimate of drug-likeness (QED) is 0.774. The number of rotatable bonds is 4. The molecule has 1 unspecified atom stereocenters. The lowest BCUT2D eigenvalue weighted by Crippen LogP contribution is -2.17. The number of hydrogen-bond donors (Lipinski definition) is 1. The van der Waals surface area contributed by atoms with Crippen LogP contribution in [0.3, 0.4) is 0 Å². The smallest absolute Gasteiger partial charge is 0.142 e. The molecule has 1 atom stereocenters. The monoisotopic (exact) mass is 227 g/mol. The van der Waals surface area contributed by atoms with Gasteiger partial charge < -0.3 is 5.32 Å². The molecule has 1 N–H and O–H groups in total. The lowest BCUT2D eigenvalue weighted by Gasteiger charge is -2.18. The fourth-order valence-electron chi connectivity index (χ4n) is 1.51. The van der Waals surface area contributed by atoms with Gasteiger partial charge in [0.2, 0.25) is 0 Å². The molecule has 3 heteroatoms. The van der Waals surface area contributed by atoms with Crippen LogP contribution in [0.2, 0.25) is 5.02 Å². The summed E-state index contributed by atoms with van der Waals surface area (Å²) in [5.41, 5.74) is 1.82. The first-order valence-corrected chi connectivity index (χ1v) is 5.19. The van der Waals surface area contributed by atoms with Crippen molar-refractivity contribution in [1.29, 1.82) is 0 Å². The fraction of sp³-hybridized carbons (Fsp3) is 0.333. The second-order valence-corrected chi connectivity index (χ2v) is 4.02. The van der Waals surface area contributed by atoms with Gasteiger partial charge in [0.05, 0.1) is 5.02 Å².